The first-order valence-electron chi connectivity index (χ1n) is 8.48. The highest BCUT2D eigenvalue weighted by molar-refractivity contribution is 6.05. The van der Waals surface area contributed by atoms with Crippen LogP contribution in [0, 0.1) is 6.92 Å². The zero-order chi connectivity index (χ0) is 18.6. The Morgan fingerprint density at radius 1 is 1.07 bits per heavy atom. The number of aryl methyl sites for hydroxylation is 1. The van der Waals surface area contributed by atoms with Crippen LogP contribution < -0.4 is 16.4 Å². The van der Waals surface area contributed by atoms with E-state index in [4.69, 9.17) is 10.5 Å². The van der Waals surface area contributed by atoms with Crippen LogP contribution in [0.3, 0.4) is 0 Å². The number of aromatic nitrogens is 1. The van der Waals surface area contributed by atoms with E-state index < -0.39 is 5.54 Å². The first-order chi connectivity index (χ1) is 12.5. The van der Waals surface area contributed by atoms with Crippen molar-refractivity contribution in [2.45, 2.75) is 25.3 Å². The predicted molar refractivity (Wildman–Crippen MR) is 113 cm³/mol. The quantitative estimate of drug-likeness (QED) is 0.696. The Morgan fingerprint density at radius 3 is 2.36 bits per heavy atom. The van der Waals surface area contributed by atoms with Gasteiger partial charge in [0.2, 0.25) is 5.91 Å². The zero-order valence-corrected chi connectivity index (χ0v) is 17.1. The van der Waals surface area contributed by atoms with Gasteiger partial charge < -0.3 is 21.1 Å². The van der Waals surface area contributed by atoms with Gasteiger partial charge in [-0.3, -0.25) is 14.6 Å². The molecule has 0 atom stereocenters. The molecule has 1 aliphatic heterocycles. The minimum absolute atomic E-state index is 0. The maximum absolute atomic E-state index is 12.5. The van der Waals surface area contributed by atoms with Gasteiger partial charge in [-0.05, 0) is 49.6 Å². The lowest BCUT2D eigenvalue weighted by molar-refractivity contribution is -0.124. The number of ether oxygens (including phenoxy) is 1. The SMILES string of the molecule is Cc1ccc(NC(=O)C2(N)CCOCC2)cc1NC(=O)c1ccncc1.Cl.Cl. The highest BCUT2D eigenvalue weighted by Crippen LogP contribution is 2.24. The Bertz CT molecular complexity index is 812. The third kappa shape index (κ3) is 5.65. The molecule has 1 fully saturated rings. The molecule has 1 aromatic carbocycles. The van der Waals surface area contributed by atoms with Crippen molar-refractivity contribution in [3.8, 4) is 0 Å². The van der Waals surface area contributed by atoms with E-state index in [1.165, 1.54) is 0 Å². The number of carbonyl (C=O) groups is 2. The second-order valence-electron chi connectivity index (χ2n) is 6.44. The molecule has 0 unspecified atom stereocenters. The van der Waals surface area contributed by atoms with Gasteiger partial charge in [0.15, 0.2) is 0 Å². The summed E-state index contributed by atoms with van der Waals surface area (Å²) in [6.45, 7) is 2.84. The fourth-order valence-electron chi connectivity index (χ4n) is 2.75. The monoisotopic (exact) mass is 426 g/mol. The van der Waals surface area contributed by atoms with Gasteiger partial charge in [0.05, 0.1) is 0 Å². The second kappa shape index (κ2) is 10.4. The Hall–Kier alpha value is -2.19. The van der Waals surface area contributed by atoms with Crippen molar-refractivity contribution < 1.29 is 14.3 Å². The first-order valence-corrected chi connectivity index (χ1v) is 8.48. The van der Waals surface area contributed by atoms with Gasteiger partial charge in [0.25, 0.3) is 5.91 Å². The van der Waals surface area contributed by atoms with Crippen LogP contribution >= 0.6 is 24.8 Å². The number of nitrogens with two attached hydrogens (primary N) is 1. The molecule has 0 aliphatic carbocycles. The molecule has 9 heteroatoms. The van der Waals surface area contributed by atoms with E-state index in [-0.39, 0.29) is 36.6 Å². The van der Waals surface area contributed by atoms with Gasteiger partial charge >= 0.3 is 0 Å². The predicted octanol–water partition coefficient (Wildman–Crippen LogP) is 2.93. The number of benzene rings is 1. The molecule has 1 aliphatic rings. The highest BCUT2D eigenvalue weighted by Gasteiger charge is 2.35. The standard InChI is InChI=1S/C19H22N4O3.2ClH/c1-13-2-3-15(22-18(25)19(20)6-10-26-11-7-19)12-16(13)23-17(24)14-4-8-21-9-5-14;;/h2-5,8-9,12H,6-7,10-11,20H2,1H3,(H,22,25)(H,23,24);2*1H. The minimum atomic E-state index is -0.927. The fraction of sp³-hybridized carbons (Fsp3) is 0.316. The van der Waals surface area contributed by atoms with Crippen LogP contribution in [0.15, 0.2) is 42.7 Å². The van der Waals surface area contributed by atoms with Crippen LogP contribution in [-0.2, 0) is 9.53 Å². The average molecular weight is 427 g/mol. The number of nitrogens with zero attached hydrogens (tertiary/aromatic N) is 1. The van der Waals surface area contributed by atoms with E-state index in [0.29, 0.717) is 43.0 Å². The van der Waals surface area contributed by atoms with E-state index in [1.807, 2.05) is 13.0 Å². The molecule has 0 bridgehead atoms. The number of halogens is 2. The van der Waals surface area contributed by atoms with Crippen LogP contribution in [0.5, 0.6) is 0 Å². The third-order valence-electron chi connectivity index (χ3n) is 4.52. The number of pyridine rings is 1. The molecule has 4 N–H and O–H groups in total. The van der Waals surface area contributed by atoms with E-state index in [9.17, 15) is 9.59 Å². The number of hydrogen-bond donors (Lipinski definition) is 3. The molecule has 0 saturated carbocycles. The molecule has 7 nitrogen and oxygen atoms in total. The van der Waals surface area contributed by atoms with E-state index in [0.717, 1.165) is 5.56 Å². The van der Waals surface area contributed by atoms with Crippen LogP contribution in [0.25, 0.3) is 0 Å². The van der Waals surface area contributed by atoms with Gasteiger partial charge in [0.1, 0.15) is 5.54 Å². The number of amides is 2. The Morgan fingerprint density at radius 2 is 1.71 bits per heavy atom. The first kappa shape index (κ1) is 23.8. The fourth-order valence-corrected chi connectivity index (χ4v) is 2.75. The molecule has 0 radical (unpaired) electrons. The van der Waals surface area contributed by atoms with E-state index in [1.54, 1.807) is 36.7 Å². The van der Waals surface area contributed by atoms with Crippen molar-refractivity contribution in [3.63, 3.8) is 0 Å². The summed E-state index contributed by atoms with van der Waals surface area (Å²) in [7, 11) is 0. The minimum Gasteiger partial charge on any atom is -0.381 e. The summed E-state index contributed by atoms with van der Waals surface area (Å²) in [5.74, 6) is -0.477. The maximum Gasteiger partial charge on any atom is 0.255 e. The summed E-state index contributed by atoms with van der Waals surface area (Å²) in [6, 6.07) is 8.64. The van der Waals surface area contributed by atoms with Gasteiger partial charge in [-0.2, -0.15) is 0 Å². The molecule has 2 heterocycles. The third-order valence-corrected chi connectivity index (χ3v) is 4.52. The lowest BCUT2D eigenvalue weighted by Crippen LogP contribution is -2.54. The number of nitrogens with one attached hydrogen (secondary N) is 2. The summed E-state index contributed by atoms with van der Waals surface area (Å²) >= 11 is 0. The average Bonchev–Trinajstić information content (AvgIpc) is 2.65. The largest absolute Gasteiger partial charge is 0.381 e. The van der Waals surface area contributed by atoms with E-state index >= 15 is 0 Å². The normalized spacial score (nSPS) is 14.8. The van der Waals surface area contributed by atoms with Crippen LogP contribution in [0.4, 0.5) is 11.4 Å². The van der Waals surface area contributed by atoms with Gasteiger partial charge in [-0.25, -0.2) is 0 Å². The molecule has 1 saturated heterocycles. The van der Waals surface area contributed by atoms with Crippen LogP contribution in [0.1, 0.15) is 28.8 Å². The summed E-state index contributed by atoms with van der Waals surface area (Å²) in [4.78, 5) is 28.8. The van der Waals surface area contributed by atoms with Crippen molar-refractivity contribution >= 4 is 48.0 Å². The number of anilines is 2. The number of hydrogen-bond acceptors (Lipinski definition) is 5. The van der Waals surface area contributed by atoms with Crippen LogP contribution in [0.2, 0.25) is 0 Å². The van der Waals surface area contributed by atoms with Gasteiger partial charge in [-0.1, -0.05) is 6.07 Å². The molecule has 1 aromatic heterocycles. The Labute approximate surface area is 176 Å². The molecule has 2 aromatic rings. The molecule has 152 valence electrons. The summed E-state index contributed by atoms with van der Waals surface area (Å²) in [5.41, 5.74) is 7.89. The summed E-state index contributed by atoms with van der Waals surface area (Å²) < 4.78 is 5.27. The summed E-state index contributed by atoms with van der Waals surface area (Å²) in [6.07, 6.45) is 4.09. The smallest absolute Gasteiger partial charge is 0.255 e. The molecule has 0 spiro atoms. The van der Waals surface area contributed by atoms with Crippen LogP contribution in [-0.4, -0.2) is 35.6 Å². The van der Waals surface area contributed by atoms with E-state index in [2.05, 4.69) is 15.6 Å². The Balaban J connectivity index is 0.00000196. The summed E-state index contributed by atoms with van der Waals surface area (Å²) in [5, 5.41) is 5.71. The topological polar surface area (TPSA) is 106 Å². The molecule has 3 rings (SSSR count). The highest BCUT2D eigenvalue weighted by atomic mass is 35.5. The second-order valence-corrected chi connectivity index (χ2v) is 6.44. The van der Waals surface area contributed by atoms with Crippen molar-refractivity contribution in [2.75, 3.05) is 23.8 Å². The molecular weight excluding hydrogens is 403 g/mol. The van der Waals surface area contributed by atoms with Crippen molar-refractivity contribution in [2.24, 2.45) is 5.73 Å². The number of rotatable bonds is 4. The van der Waals surface area contributed by atoms with Crippen molar-refractivity contribution in [1.29, 1.82) is 0 Å². The van der Waals surface area contributed by atoms with Gasteiger partial charge in [0, 0.05) is 42.5 Å². The van der Waals surface area contributed by atoms with Gasteiger partial charge in [-0.15, -0.1) is 24.8 Å². The van der Waals surface area contributed by atoms with Crippen molar-refractivity contribution in [1.82, 2.24) is 4.98 Å². The number of carbonyl (C=O) groups excluding carboxylic acids is 2. The lowest BCUT2D eigenvalue weighted by Gasteiger charge is -2.31. The molecular formula is C19H24Cl2N4O3. The zero-order valence-electron chi connectivity index (χ0n) is 15.4. The lowest BCUT2D eigenvalue weighted by atomic mass is 9.90. The Kier molecular flexibility index (Phi) is 8.84. The molecule has 2 amide bonds. The molecule has 28 heavy (non-hydrogen) atoms. The van der Waals surface area contributed by atoms with Crippen molar-refractivity contribution in [3.05, 3.63) is 53.9 Å². The maximum atomic E-state index is 12.5.